The van der Waals surface area contributed by atoms with E-state index in [2.05, 4.69) is 10.6 Å². The van der Waals surface area contributed by atoms with Crippen LogP contribution in [-0.4, -0.2) is 34.7 Å². The van der Waals surface area contributed by atoms with Crippen molar-refractivity contribution in [2.24, 2.45) is 0 Å². The van der Waals surface area contributed by atoms with Crippen molar-refractivity contribution in [2.75, 3.05) is 6.54 Å². The zero-order valence-electron chi connectivity index (χ0n) is 18.3. The van der Waals surface area contributed by atoms with Gasteiger partial charge in [-0.25, -0.2) is 0 Å². The molecule has 3 aromatic rings. The Kier molecular flexibility index (Phi) is 7.82. The molecule has 0 radical (unpaired) electrons. The highest BCUT2D eigenvalue weighted by Gasteiger charge is 2.33. The number of rotatable bonds is 8. The summed E-state index contributed by atoms with van der Waals surface area (Å²) in [6.45, 7) is 5.77. The maximum absolute atomic E-state index is 13.4. The van der Waals surface area contributed by atoms with E-state index in [-0.39, 0.29) is 30.8 Å². The van der Waals surface area contributed by atoms with Crippen LogP contribution in [0.4, 0.5) is 0 Å². The molecule has 0 unspecified atom stereocenters. The Balaban J connectivity index is 1.89. The van der Waals surface area contributed by atoms with Gasteiger partial charge in [0.2, 0.25) is 11.8 Å². The molecule has 0 aliphatic carbocycles. The fraction of sp³-hybridized carbons (Fsp3) is 0.292. The fourth-order valence-electron chi connectivity index (χ4n) is 3.19. The second-order valence-electron chi connectivity index (χ2n) is 8.31. The van der Waals surface area contributed by atoms with Gasteiger partial charge in [-0.1, -0.05) is 42.5 Å². The minimum Gasteiger partial charge on any atom is -0.349 e. The van der Waals surface area contributed by atoms with Crippen LogP contribution in [0.15, 0.2) is 65.4 Å². The average molecular weight is 470 g/mol. The normalized spacial score (nSPS) is 12.1. The predicted octanol–water partition coefficient (Wildman–Crippen LogP) is 4.22. The highest BCUT2D eigenvalue weighted by atomic mass is 32.1. The molecule has 168 valence electrons. The first-order chi connectivity index (χ1) is 15.2. The summed E-state index contributed by atoms with van der Waals surface area (Å²) in [4.78, 5) is 42.1. The smallest absolute Gasteiger partial charge is 0.261 e. The molecule has 0 fully saturated rings. The highest BCUT2D eigenvalue weighted by Crippen LogP contribution is 2.26. The second kappa shape index (κ2) is 10.6. The lowest BCUT2D eigenvalue weighted by Gasteiger charge is -2.33. The first kappa shape index (κ1) is 23.7. The van der Waals surface area contributed by atoms with E-state index in [1.165, 1.54) is 27.6 Å². The van der Waals surface area contributed by atoms with E-state index in [1.807, 2.05) is 74.0 Å². The highest BCUT2D eigenvalue weighted by molar-refractivity contribution is 7.12. The van der Waals surface area contributed by atoms with Gasteiger partial charge in [-0.2, -0.15) is 0 Å². The zero-order chi connectivity index (χ0) is 23.1. The van der Waals surface area contributed by atoms with Crippen molar-refractivity contribution < 1.29 is 14.4 Å². The van der Waals surface area contributed by atoms with Gasteiger partial charge in [0.05, 0.1) is 18.0 Å². The van der Waals surface area contributed by atoms with Crippen molar-refractivity contribution in [3.05, 3.63) is 80.7 Å². The standard InChI is InChI=1S/C24H27N3O3S2/c1-24(2,3)26-23(30)21(17-9-5-4-6-10-17)27(16-18-11-7-13-31-18)20(28)15-25-22(29)19-12-8-14-32-19/h4-14,21H,15-16H2,1-3H3,(H,25,29)(H,26,30)/t21-/m1/s1. The SMILES string of the molecule is CC(C)(C)NC(=O)[C@@H](c1ccccc1)N(Cc1cccs1)C(=O)CNC(=O)c1cccs1. The average Bonchev–Trinajstić information content (AvgIpc) is 3.45. The number of carbonyl (C=O) groups excluding carboxylic acids is 3. The molecule has 1 atom stereocenters. The Labute approximate surface area is 196 Å². The molecule has 1 aromatic carbocycles. The number of carbonyl (C=O) groups is 3. The Hall–Kier alpha value is -2.97. The van der Waals surface area contributed by atoms with E-state index in [0.29, 0.717) is 10.4 Å². The minimum absolute atomic E-state index is 0.200. The predicted molar refractivity (Wildman–Crippen MR) is 129 cm³/mol. The maximum atomic E-state index is 13.4. The number of hydrogen-bond acceptors (Lipinski definition) is 5. The van der Waals surface area contributed by atoms with Gasteiger partial charge >= 0.3 is 0 Å². The van der Waals surface area contributed by atoms with Crippen molar-refractivity contribution in [3.8, 4) is 0 Å². The summed E-state index contributed by atoms with van der Waals surface area (Å²) < 4.78 is 0. The molecule has 3 rings (SSSR count). The van der Waals surface area contributed by atoms with Crippen LogP contribution in [0.25, 0.3) is 0 Å². The number of nitrogens with zero attached hydrogens (tertiary/aromatic N) is 1. The Morgan fingerprint density at radius 1 is 0.938 bits per heavy atom. The van der Waals surface area contributed by atoms with Crippen molar-refractivity contribution >= 4 is 40.4 Å². The largest absolute Gasteiger partial charge is 0.349 e. The summed E-state index contributed by atoms with van der Waals surface area (Å²) >= 11 is 2.83. The van der Waals surface area contributed by atoms with Crippen molar-refractivity contribution in [1.29, 1.82) is 0 Å². The molecule has 0 aliphatic heterocycles. The molecule has 2 aromatic heterocycles. The van der Waals surface area contributed by atoms with E-state index >= 15 is 0 Å². The maximum Gasteiger partial charge on any atom is 0.261 e. The summed E-state index contributed by atoms with van der Waals surface area (Å²) in [5, 5.41) is 9.44. The summed E-state index contributed by atoms with van der Waals surface area (Å²) in [5.41, 5.74) is 0.249. The lowest BCUT2D eigenvalue weighted by Crippen LogP contribution is -2.50. The first-order valence-corrected chi connectivity index (χ1v) is 12.0. The van der Waals surface area contributed by atoms with Gasteiger partial charge < -0.3 is 15.5 Å². The zero-order valence-corrected chi connectivity index (χ0v) is 20.0. The molecule has 2 heterocycles. The molecule has 32 heavy (non-hydrogen) atoms. The third-order valence-corrected chi connectivity index (χ3v) is 6.28. The van der Waals surface area contributed by atoms with Gasteiger partial charge in [0.1, 0.15) is 6.04 Å². The van der Waals surface area contributed by atoms with E-state index < -0.39 is 11.6 Å². The van der Waals surface area contributed by atoms with E-state index in [9.17, 15) is 14.4 Å². The van der Waals surface area contributed by atoms with Crippen molar-refractivity contribution in [2.45, 2.75) is 38.9 Å². The fourth-order valence-corrected chi connectivity index (χ4v) is 4.54. The van der Waals surface area contributed by atoms with Gasteiger partial charge in [-0.15, -0.1) is 22.7 Å². The number of amides is 3. The molecule has 0 bridgehead atoms. The number of hydrogen-bond donors (Lipinski definition) is 2. The van der Waals surface area contributed by atoms with E-state index in [0.717, 1.165) is 4.88 Å². The lowest BCUT2D eigenvalue weighted by atomic mass is 10.0. The summed E-state index contributed by atoms with van der Waals surface area (Å²) in [7, 11) is 0. The van der Waals surface area contributed by atoms with Crippen LogP contribution in [0.3, 0.4) is 0 Å². The van der Waals surface area contributed by atoms with Crippen LogP contribution in [0.5, 0.6) is 0 Å². The Morgan fingerprint density at radius 3 is 2.22 bits per heavy atom. The summed E-state index contributed by atoms with van der Waals surface area (Å²) in [6, 6.07) is 15.7. The summed E-state index contributed by atoms with van der Waals surface area (Å²) in [6.07, 6.45) is 0. The quantitative estimate of drug-likeness (QED) is 0.518. The van der Waals surface area contributed by atoms with Gasteiger partial charge in [0.15, 0.2) is 0 Å². The van der Waals surface area contributed by atoms with Gasteiger partial charge in [0, 0.05) is 10.4 Å². The topological polar surface area (TPSA) is 78.5 Å². The van der Waals surface area contributed by atoms with Crippen LogP contribution < -0.4 is 10.6 Å². The third kappa shape index (κ3) is 6.51. The molecule has 0 saturated carbocycles. The number of nitrogens with one attached hydrogen (secondary N) is 2. The van der Waals surface area contributed by atoms with E-state index in [4.69, 9.17) is 0 Å². The Bertz CT molecular complexity index is 1030. The van der Waals surface area contributed by atoms with Crippen molar-refractivity contribution in [3.63, 3.8) is 0 Å². The molecule has 8 heteroatoms. The van der Waals surface area contributed by atoms with Crippen LogP contribution in [0.1, 0.15) is 46.9 Å². The minimum atomic E-state index is -0.830. The molecule has 2 N–H and O–H groups in total. The number of benzene rings is 1. The molecule has 6 nitrogen and oxygen atoms in total. The van der Waals surface area contributed by atoms with Crippen LogP contribution in [0, 0.1) is 0 Å². The molecule has 0 aliphatic rings. The first-order valence-electron chi connectivity index (χ1n) is 10.2. The monoisotopic (exact) mass is 469 g/mol. The lowest BCUT2D eigenvalue weighted by molar-refractivity contribution is -0.141. The third-order valence-electron chi connectivity index (χ3n) is 4.55. The van der Waals surface area contributed by atoms with Gasteiger partial charge in [-0.05, 0) is 49.2 Å². The van der Waals surface area contributed by atoms with Crippen LogP contribution >= 0.6 is 22.7 Å². The Morgan fingerprint density at radius 2 is 1.62 bits per heavy atom. The molecular formula is C24H27N3O3S2. The molecular weight excluding hydrogens is 442 g/mol. The summed E-state index contributed by atoms with van der Waals surface area (Å²) in [5.74, 6) is -0.903. The molecule has 0 spiro atoms. The molecule has 3 amide bonds. The van der Waals surface area contributed by atoms with Crippen LogP contribution in [-0.2, 0) is 16.1 Å². The second-order valence-corrected chi connectivity index (χ2v) is 10.3. The molecule has 0 saturated heterocycles. The van der Waals surface area contributed by atoms with Crippen molar-refractivity contribution in [1.82, 2.24) is 15.5 Å². The van der Waals surface area contributed by atoms with E-state index in [1.54, 1.807) is 12.1 Å². The van der Waals surface area contributed by atoms with Crippen LogP contribution in [0.2, 0.25) is 0 Å². The van der Waals surface area contributed by atoms with Gasteiger partial charge in [0.25, 0.3) is 5.91 Å². The van der Waals surface area contributed by atoms with Gasteiger partial charge in [-0.3, -0.25) is 14.4 Å². The number of thiophene rings is 2.